The molecule has 118 valence electrons. The Hall–Kier alpha value is -1.36. The summed E-state index contributed by atoms with van der Waals surface area (Å²) in [5.74, 6) is 0.860. The number of aliphatic hydroxyl groups excluding tert-OH is 1. The zero-order chi connectivity index (χ0) is 15.4. The van der Waals surface area contributed by atoms with E-state index >= 15 is 0 Å². The topological polar surface area (TPSA) is 66.6 Å². The summed E-state index contributed by atoms with van der Waals surface area (Å²) in [6.45, 7) is 6.78. The zero-order valence-electron chi connectivity index (χ0n) is 13.3. The molecule has 1 aliphatic rings. The zero-order valence-corrected chi connectivity index (χ0v) is 13.3. The van der Waals surface area contributed by atoms with E-state index in [0.717, 1.165) is 32.1 Å². The average Bonchev–Trinajstić information content (AvgIpc) is 3.10. The molecule has 2 atom stereocenters. The van der Waals surface area contributed by atoms with Crippen molar-refractivity contribution in [1.29, 1.82) is 0 Å². The Morgan fingerprint density at radius 3 is 3.00 bits per heavy atom. The number of carbonyl (C=O) groups excluding carboxylic acids is 1. The number of rotatable bonds is 6. The van der Waals surface area contributed by atoms with Crippen molar-refractivity contribution in [3.63, 3.8) is 0 Å². The highest BCUT2D eigenvalue weighted by atomic mass is 16.5. The van der Waals surface area contributed by atoms with Crippen LogP contribution in [0.4, 0.5) is 0 Å². The molecule has 1 aliphatic heterocycles. The van der Waals surface area contributed by atoms with Crippen LogP contribution in [0.5, 0.6) is 0 Å². The van der Waals surface area contributed by atoms with E-state index in [-0.39, 0.29) is 24.5 Å². The van der Waals surface area contributed by atoms with Crippen LogP contribution in [0.2, 0.25) is 0 Å². The van der Waals surface area contributed by atoms with Crippen LogP contribution < -0.4 is 0 Å². The van der Waals surface area contributed by atoms with E-state index in [1.165, 1.54) is 0 Å². The van der Waals surface area contributed by atoms with Gasteiger partial charge >= 0.3 is 0 Å². The molecule has 0 saturated carbocycles. The largest absolute Gasteiger partial charge is 0.394 e. The van der Waals surface area contributed by atoms with Crippen LogP contribution in [-0.4, -0.2) is 40.3 Å². The lowest BCUT2D eigenvalue weighted by molar-refractivity contribution is 0.0674. The number of aryl methyl sites for hydroxylation is 1. The molecule has 5 heteroatoms. The number of unbranched alkanes of at least 4 members (excludes halogenated alkanes) is 1. The van der Waals surface area contributed by atoms with E-state index in [0.29, 0.717) is 23.6 Å². The predicted molar refractivity (Wildman–Crippen MR) is 80.3 cm³/mol. The van der Waals surface area contributed by atoms with Crippen LogP contribution in [0.1, 0.15) is 73.7 Å². The molecule has 1 aromatic heterocycles. The molecule has 1 aromatic rings. The maximum absolute atomic E-state index is 12.8. The maximum Gasteiger partial charge on any atom is 0.259 e. The molecule has 1 N–H and O–H groups in total. The van der Waals surface area contributed by atoms with Gasteiger partial charge in [0.15, 0.2) is 5.76 Å². The van der Waals surface area contributed by atoms with Gasteiger partial charge in [-0.1, -0.05) is 31.8 Å². The molecule has 0 radical (unpaired) electrons. The van der Waals surface area contributed by atoms with Crippen LogP contribution in [0, 0.1) is 6.92 Å². The Bertz CT molecular complexity index is 484. The summed E-state index contributed by atoms with van der Waals surface area (Å²) in [5.41, 5.74) is 1.26. The van der Waals surface area contributed by atoms with Crippen LogP contribution in [-0.2, 0) is 0 Å². The van der Waals surface area contributed by atoms with Gasteiger partial charge in [0.05, 0.1) is 18.3 Å². The van der Waals surface area contributed by atoms with Crippen LogP contribution >= 0.6 is 0 Å². The SMILES string of the molecule is CCCC[C@H](C)c1onc(C)c1C(=O)N1CCC[C@H]1CO. The van der Waals surface area contributed by atoms with E-state index in [9.17, 15) is 9.90 Å². The standard InChI is InChI=1S/C16H26N2O3/c1-4-5-7-11(2)15-14(12(3)17-21-15)16(20)18-9-6-8-13(18)10-19/h11,13,19H,4-10H2,1-3H3/t11-,13-/m0/s1. The van der Waals surface area contributed by atoms with E-state index in [4.69, 9.17) is 4.52 Å². The van der Waals surface area contributed by atoms with Crippen molar-refractivity contribution in [3.05, 3.63) is 17.0 Å². The minimum absolute atomic E-state index is 0.0246. The van der Waals surface area contributed by atoms with Gasteiger partial charge in [-0.3, -0.25) is 4.79 Å². The Morgan fingerprint density at radius 1 is 1.57 bits per heavy atom. The summed E-state index contributed by atoms with van der Waals surface area (Å²) < 4.78 is 5.44. The van der Waals surface area contributed by atoms with Gasteiger partial charge in [-0.15, -0.1) is 0 Å². The lowest BCUT2D eigenvalue weighted by Crippen LogP contribution is -2.38. The number of aromatic nitrogens is 1. The van der Waals surface area contributed by atoms with E-state index in [1.807, 2.05) is 6.92 Å². The third-order valence-corrected chi connectivity index (χ3v) is 4.39. The predicted octanol–water partition coefficient (Wildman–Crippen LogP) is 2.87. The van der Waals surface area contributed by atoms with Gasteiger partial charge in [-0.25, -0.2) is 0 Å². The molecule has 0 spiro atoms. The summed E-state index contributed by atoms with van der Waals surface area (Å²) in [5, 5.41) is 13.4. The smallest absolute Gasteiger partial charge is 0.259 e. The van der Waals surface area contributed by atoms with Crippen molar-refractivity contribution in [1.82, 2.24) is 10.1 Å². The molecule has 0 aromatic carbocycles. The molecule has 0 bridgehead atoms. The molecule has 2 rings (SSSR count). The molecule has 0 aliphatic carbocycles. The average molecular weight is 294 g/mol. The fourth-order valence-corrected chi connectivity index (χ4v) is 3.06. The second-order valence-electron chi connectivity index (χ2n) is 6.03. The first-order valence-electron chi connectivity index (χ1n) is 7.98. The molecule has 5 nitrogen and oxygen atoms in total. The number of likely N-dealkylation sites (tertiary alicyclic amines) is 1. The number of amides is 1. The highest BCUT2D eigenvalue weighted by molar-refractivity contribution is 5.96. The van der Waals surface area contributed by atoms with Gasteiger partial charge in [0.1, 0.15) is 5.56 Å². The van der Waals surface area contributed by atoms with Crippen molar-refractivity contribution in [3.8, 4) is 0 Å². The van der Waals surface area contributed by atoms with Crippen LogP contribution in [0.3, 0.4) is 0 Å². The lowest BCUT2D eigenvalue weighted by Gasteiger charge is -2.23. The molecular weight excluding hydrogens is 268 g/mol. The molecule has 0 unspecified atom stereocenters. The van der Waals surface area contributed by atoms with Gasteiger partial charge in [0.2, 0.25) is 0 Å². The molecule has 21 heavy (non-hydrogen) atoms. The highest BCUT2D eigenvalue weighted by Gasteiger charge is 2.33. The molecular formula is C16H26N2O3. The van der Waals surface area contributed by atoms with E-state index < -0.39 is 0 Å². The highest BCUT2D eigenvalue weighted by Crippen LogP contribution is 2.29. The summed E-state index contributed by atoms with van der Waals surface area (Å²) in [6, 6.07) is -0.0643. The van der Waals surface area contributed by atoms with Crippen molar-refractivity contribution in [2.24, 2.45) is 0 Å². The van der Waals surface area contributed by atoms with Gasteiger partial charge in [-0.05, 0) is 26.2 Å². The fraction of sp³-hybridized carbons (Fsp3) is 0.750. The van der Waals surface area contributed by atoms with Gasteiger partial charge in [-0.2, -0.15) is 0 Å². The number of hydrogen-bond acceptors (Lipinski definition) is 4. The summed E-state index contributed by atoms with van der Waals surface area (Å²) in [4.78, 5) is 14.6. The summed E-state index contributed by atoms with van der Waals surface area (Å²) in [7, 11) is 0. The van der Waals surface area contributed by atoms with Crippen LogP contribution in [0.25, 0.3) is 0 Å². The lowest BCUT2D eigenvalue weighted by atomic mass is 9.97. The van der Waals surface area contributed by atoms with Gasteiger partial charge in [0, 0.05) is 12.5 Å². The fourth-order valence-electron chi connectivity index (χ4n) is 3.06. The number of nitrogens with zero attached hydrogens (tertiary/aromatic N) is 2. The number of hydrogen-bond donors (Lipinski definition) is 1. The van der Waals surface area contributed by atoms with E-state index in [2.05, 4.69) is 19.0 Å². The van der Waals surface area contributed by atoms with Gasteiger partial charge < -0.3 is 14.5 Å². The Morgan fingerprint density at radius 2 is 2.33 bits per heavy atom. The summed E-state index contributed by atoms with van der Waals surface area (Å²) >= 11 is 0. The third kappa shape index (κ3) is 3.28. The quantitative estimate of drug-likeness (QED) is 0.876. The van der Waals surface area contributed by atoms with Crippen molar-refractivity contribution in [2.75, 3.05) is 13.2 Å². The normalized spacial score (nSPS) is 20.0. The Balaban J connectivity index is 2.22. The number of carbonyl (C=O) groups is 1. The Kier molecular flexibility index (Phi) is 5.39. The second-order valence-corrected chi connectivity index (χ2v) is 6.03. The first-order valence-corrected chi connectivity index (χ1v) is 7.98. The third-order valence-electron chi connectivity index (χ3n) is 4.39. The first kappa shape index (κ1) is 16.0. The minimum atomic E-state index is -0.0643. The minimum Gasteiger partial charge on any atom is -0.394 e. The monoisotopic (exact) mass is 294 g/mol. The van der Waals surface area contributed by atoms with Crippen molar-refractivity contribution >= 4 is 5.91 Å². The van der Waals surface area contributed by atoms with Gasteiger partial charge in [0.25, 0.3) is 5.91 Å². The molecule has 1 amide bonds. The van der Waals surface area contributed by atoms with E-state index in [1.54, 1.807) is 4.90 Å². The first-order chi connectivity index (χ1) is 10.1. The van der Waals surface area contributed by atoms with Crippen LogP contribution in [0.15, 0.2) is 4.52 Å². The second kappa shape index (κ2) is 7.07. The van der Waals surface area contributed by atoms with Crippen molar-refractivity contribution < 1.29 is 14.4 Å². The van der Waals surface area contributed by atoms with Crippen molar-refractivity contribution in [2.45, 2.75) is 64.8 Å². The maximum atomic E-state index is 12.8. The summed E-state index contributed by atoms with van der Waals surface area (Å²) in [6.07, 6.45) is 5.04. The molecule has 1 fully saturated rings. The molecule has 1 saturated heterocycles. The molecule has 2 heterocycles. The Labute approximate surface area is 126 Å². The number of aliphatic hydroxyl groups is 1.